The van der Waals surface area contributed by atoms with Gasteiger partial charge in [-0.3, -0.25) is 4.79 Å². The van der Waals surface area contributed by atoms with E-state index in [0.29, 0.717) is 28.6 Å². The maximum absolute atomic E-state index is 13.0. The molecule has 2 unspecified atom stereocenters. The van der Waals surface area contributed by atoms with E-state index in [9.17, 15) is 4.79 Å². The van der Waals surface area contributed by atoms with E-state index in [2.05, 4.69) is 26.9 Å². The zero-order valence-corrected chi connectivity index (χ0v) is 14.6. The molecule has 0 spiro atoms. The summed E-state index contributed by atoms with van der Waals surface area (Å²) in [6.45, 7) is 1.97. The quantitative estimate of drug-likeness (QED) is 0.856. The Morgan fingerprint density at radius 2 is 1.92 bits per heavy atom. The molecule has 0 aromatic carbocycles. The van der Waals surface area contributed by atoms with Gasteiger partial charge in [-0.05, 0) is 45.3 Å². The summed E-state index contributed by atoms with van der Waals surface area (Å²) in [6.07, 6.45) is 7.98. The standard InChI is InChI=1S/C17H21N5OS/c1-21-9-2-5-13(21)14-6-3-10-22(14)17(23)12-11-24-16(20-12)15-18-7-4-8-19-15/h4,7-8,11,13-14H,2-3,5-6,9-10H2,1H3. The van der Waals surface area contributed by atoms with E-state index in [1.807, 2.05) is 10.3 Å². The van der Waals surface area contributed by atoms with Crippen LogP contribution < -0.4 is 0 Å². The maximum atomic E-state index is 13.0. The van der Waals surface area contributed by atoms with Crippen LogP contribution in [0.1, 0.15) is 36.2 Å². The van der Waals surface area contributed by atoms with Crippen molar-refractivity contribution >= 4 is 17.2 Å². The van der Waals surface area contributed by atoms with Crippen LogP contribution in [0.4, 0.5) is 0 Å². The first-order valence-corrected chi connectivity index (χ1v) is 9.36. The Hall–Kier alpha value is -1.86. The molecule has 4 heterocycles. The second-order valence-electron chi connectivity index (χ2n) is 6.51. The van der Waals surface area contributed by atoms with Gasteiger partial charge in [0.1, 0.15) is 5.69 Å². The van der Waals surface area contributed by atoms with Gasteiger partial charge >= 0.3 is 0 Å². The van der Waals surface area contributed by atoms with Gasteiger partial charge in [-0.15, -0.1) is 11.3 Å². The number of carbonyl (C=O) groups excluding carboxylic acids is 1. The van der Waals surface area contributed by atoms with E-state index in [1.165, 1.54) is 24.2 Å². The fourth-order valence-electron chi connectivity index (χ4n) is 3.90. The van der Waals surface area contributed by atoms with E-state index in [-0.39, 0.29) is 5.91 Å². The molecule has 2 aromatic heterocycles. The molecule has 0 aliphatic carbocycles. The van der Waals surface area contributed by atoms with Crippen molar-refractivity contribution in [1.82, 2.24) is 24.8 Å². The Bertz CT molecular complexity index is 719. The van der Waals surface area contributed by atoms with Crippen molar-refractivity contribution < 1.29 is 4.79 Å². The first kappa shape index (κ1) is 15.7. The number of aromatic nitrogens is 3. The Morgan fingerprint density at radius 3 is 2.67 bits per heavy atom. The van der Waals surface area contributed by atoms with Gasteiger partial charge in [-0.1, -0.05) is 0 Å². The molecule has 2 saturated heterocycles. The fourth-order valence-corrected chi connectivity index (χ4v) is 4.64. The second kappa shape index (κ2) is 6.57. The molecular weight excluding hydrogens is 322 g/mol. The van der Waals surface area contributed by atoms with Crippen LogP contribution in [0.2, 0.25) is 0 Å². The third-order valence-corrected chi connectivity index (χ3v) is 5.90. The second-order valence-corrected chi connectivity index (χ2v) is 7.37. The lowest BCUT2D eigenvalue weighted by Gasteiger charge is -2.32. The molecule has 0 saturated carbocycles. The summed E-state index contributed by atoms with van der Waals surface area (Å²) in [7, 11) is 2.17. The van der Waals surface area contributed by atoms with Crippen molar-refractivity contribution in [1.29, 1.82) is 0 Å². The molecule has 0 bridgehead atoms. The Kier molecular flexibility index (Phi) is 4.28. The minimum Gasteiger partial charge on any atom is -0.333 e. The molecule has 6 nitrogen and oxygen atoms in total. The van der Waals surface area contributed by atoms with Gasteiger partial charge in [0.15, 0.2) is 10.8 Å². The van der Waals surface area contributed by atoms with Crippen LogP contribution in [0, 0.1) is 0 Å². The lowest BCUT2D eigenvalue weighted by Crippen LogP contribution is -2.47. The van der Waals surface area contributed by atoms with Crippen LogP contribution in [0.15, 0.2) is 23.8 Å². The molecular formula is C17H21N5OS. The van der Waals surface area contributed by atoms with Crippen molar-refractivity contribution in [3.8, 4) is 10.8 Å². The summed E-state index contributed by atoms with van der Waals surface area (Å²) in [5.41, 5.74) is 0.523. The highest BCUT2D eigenvalue weighted by Crippen LogP contribution is 2.30. The summed E-state index contributed by atoms with van der Waals surface area (Å²) in [5, 5.41) is 2.54. The van der Waals surface area contributed by atoms with Gasteiger partial charge < -0.3 is 9.80 Å². The van der Waals surface area contributed by atoms with Crippen LogP contribution >= 0.6 is 11.3 Å². The molecule has 1 amide bonds. The molecule has 2 aliphatic heterocycles. The zero-order chi connectivity index (χ0) is 16.5. The van der Waals surface area contributed by atoms with E-state index in [0.717, 1.165) is 25.9 Å². The Labute approximate surface area is 145 Å². The highest BCUT2D eigenvalue weighted by Gasteiger charge is 2.39. The first-order valence-electron chi connectivity index (χ1n) is 8.48. The molecule has 0 radical (unpaired) electrons. The number of likely N-dealkylation sites (tertiary alicyclic amines) is 2. The molecule has 4 rings (SSSR count). The number of likely N-dealkylation sites (N-methyl/N-ethyl adjacent to an activating group) is 1. The largest absolute Gasteiger partial charge is 0.333 e. The van der Waals surface area contributed by atoms with Crippen molar-refractivity contribution in [2.75, 3.05) is 20.1 Å². The van der Waals surface area contributed by atoms with Crippen molar-refractivity contribution in [2.45, 2.75) is 37.8 Å². The van der Waals surface area contributed by atoms with E-state index in [1.54, 1.807) is 18.5 Å². The number of hydrogen-bond acceptors (Lipinski definition) is 6. The molecule has 2 aliphatic rings. The van der Waals surface area contributed by atoms with E-state index in [4.69, 9.17) is 0 Å². The third-order valence-electron chi connectivity index (χ3n) is 5.06. The number of hydrogen-bond donors (Lipinski definition) is 0. The summed E-state index contributed by atoms with van der Waals surface area (Å²) in [5.74, 6) is 0.631. The molecule has 2 atom stereocenters. The van der Waals surface area contributed by atoms with E-state index < -0.39 is 0 Å². The number of amides is 1. The fraction of sp³-hybridized carbons (Fsp3) is 0.529. The molecule has 7 heteroatoms. The van der Waals surface area contributed by atoms with Crippen molar-refractivity contribution in [2.24, 2.45) is 0 Å². The monoisotopic (exact) mass is 343 g/mol. The first-order chi connectivity index (χ1) is 11.7. The lowest BCUT2D eigenvalue weighted by molar-refractivity contribution is 0.0659. The topological polar surface area (TPSA) is 62.2 Å². The molecule has 2 aromatic rings. The van der Waals surface area contributed by atoms with Gasteiger partial charge in [-0.25, -0.2) is 15.0 Å². The van der Waals surface area contributed by atoms with Gasteiger partial charge in [0.25, 0.3) is 5.91 Å². The normalized spacial score (nSPS) is 24.6. The molecule has 126 valence electrons. The van der Waals surface area contributed by atoms with Gasteiger partial charge in [0, 0.05) is 36.4 Å². The molecule has 24 heavy (non-hydrogen) atoms. The number of nitrogens with zero attached hydrogens (tertiary/aromatic N) is 5. The highest BCUT2D eigenvalue weighted by atomic mass is 32.1. The SMILES string of the molecule is CN1CCCC1C1CCCN1C(=O)c1csc(-c2ncccn2)n1. The minimum atomic E-state index is 0.0521. The van der Waals surface area contributed by atoms with Crippen LogP contribution in [0.25, 0.3) is 10.8 Å². The lowest BCUT2D eigenvalue weighted by atomic mass is 10.0. The summed E-state index contributed by atoms with van der Waals surface area (Å²) < 4.78 is 0. The maximum Gasteiger partial charge on any atom is 0.273 e. The highest BCUT2D eigenvalue weighted by molar-refractivity contribution is 7.13. The number of thiazole rings is 1. The number of rotatable bonds is 3. The Morgan fingerprint density at radius 1 is 1.17 bits per heavy atom. The van der Waals surface area contributed by atoms with Gasteiger partial charge in [0.2, 0.25) is 0 Å². The molecule has 0 N–H and O–H groups in total. The average molecular weight is 343 g/mol. The zero-order valence-electron chi connectivity index (χ0n) is 13.8. The predicted molar refractivity (Wildman–Crippen MR) is 92.9 cm³/mol. The number of carbonyl (C=O) groups is 1. The third kappa shape index (κ3) is 2.82. The van der Waals surface area contributed by atoms with Crippen LogP contribution in [-0.2, 0) is 0 Å². The van der Waals surface area contributed by atoms with E-state index >= 15 is 0 Å². The van der Waals surface area contributed by atoms with Crippen molar-refractivity contribution in [3.63, 3.8) is 0 Å². The van der Waals surface area contributed by atoms with Crippen LogP contribution in [0.3, 0.4) is 0 Å². The van der Waals surface area contributed by atoms with Crippen molar-refractivity contribution in [3.05, 3.63) is 29.5 Å². The van der Waals surface area contributed by atoms with Gasteiger partial charge in [-0.2, -0.15) is 0 Å². The predicted octanol–water partition coefficient (Wildman–Crippen LogP) is 2.30. The smallest absolute Gasteiger partial charge is 0.273 e. The van der Waals surface area contributed by atoms with Crippen LogP contribution in [-0.4, -0.2) is 62.9 Å². The Balaban J connectivity index is 1.54. The summed E-state index contributed by atoms with van der Waals surface area (Å²) in [6, 6.07) is 2.59. The summed E-state index contributed by atoms with van der Waals surface area (Å²) in [4.78, 5) is 30.3. The summed E-state index contributed by atoms with van der Waals surface area (Å²) >= 11 is 1.43. The minimum absolute atomic E-state index is 0.0521. The average Bonchev–Trinajstić information content (AvgIpc) is 3.35. The van der Waals surface area contributed by atoms with Crippen LogP contribution in [0.5, 0.6) is 0 Å². The molecule has 2 fully saturated rings. The van der Waals surface area contributed by atoms with Gasteiger partial charge in [0.05, 0.1) is 0 Å².